The van der Waals surface area contributed by atoms with Crippen LogP contribution in [0.25, 0.3) is 0 Å². The fourth-order valence-electron chi connectivity index (χ4n) is 4.33. The largest absolute Gasteiger partial charge is 0.340 e. The molecule has 0 spiro atoms. The first-order valence-corrected chi connectivity index (χ1v) is 10.1. The molecule has 3 nitrogen and oxygen atoms in total. The molecule has 1 aliphatic heterocycles. The minimum atomic E-state index is 0.252. The van der Waals surface area contributed by atoms with E-state index < -0.39 is 0 Å². The minimum Gasteiger partial charge on any atom is -0.340 e. The first-order valence-electron chi connectivity index (χ1n) is 10.1. The molecule has 1 heterocycles. The van der Waals surface area contributed by atoms with Crippen LogP contribution < -0.4 is 0 Å². The zero-order chi connectivity index (χ0) is 18.5. The Labute approximate surface area is 162 Å². The zero-order valence-electron chi connectivity index (χ0n) is 15.8. The van der Waals surface area contributed by atoms with Gasteiger partial charge in [0.15, 0.2) is 0 Å². The lowest BCUT2D eigenvalue weighted by atomic mass is 9.96. The number of hydrogen-bond donors (Lipinski definition) is 0. The molecule has 1 aliphatic carbocycles. The molecule has 0 radical (unpaired) electrons. The maximum absolute atomic E-state index is 12.6. The predicted molar refractivity (Wildman–Crippen MR) is 109 cm³/mol. The quantitative estimate of drug-likeness (QED) is 0.743. The van der Waals surface area contributed by atoms with Gasteiger partial charge in [-0.3, -0.25) is 9.69 Å². The molecule has 1 fully saturated rings. The van der Waals surface area contributed by atoms with Crippen molar-refractivity contribution in [2.75, 3.05) is 26.2 Å². The van der Waals surface area contributed by atoms with Gasteiger partial charge < -0.3 is 4.90 Å². The molecule has 3 heteroatoms. The second-order valence-electron chi connectivity index (χ2n) is 7.61. The van der Waals surface area contributed by atoms with Crippen molar-refractivity contribution >= 4 is 5.91 Å². The van der Waals surface area contributed by atoms with E-state index in [1.165, 1.54) is 11.1 Å². The van der Waals surface area contributed by atoms with E-state index in [2.05, 4.69) is 82.6 Å². The predicted octanol–water partition coefficient (Wildman–Crippen LogP) is 4.28. The van der Waals surface area contributed by atoms with Gasteiger partial charge in [-0.05, 0) is 29.9 Å². The Balaban J connectivity index is 1.44. The van der Waals surface area contributed by atoms with Crippen molar-refractivity contribution in [1.82, 2.24) is 9.80 Å². The summed E-state index contributed by atoms with van der Waals surface area (Å²) < 4.78 is 0. The van der Waals surface area contributed by atoms with Crippen LogP contribution in [0.15, 0.2) is 72.8 Å². The van der Waals surface area contributed by atoms with Gasteiger partial charge in [-0.2, -0.15) is 0 Å². The Morgan fingerprint density at radius 2 is 1.48 bits per heavy atom. The smallest absolute Gasteiger partial charge is 0.223 e. The van der Waals surface area contributed by atoms with Crippen LogP contribution in [0.3, 0.4) is 0 Å². The molecule has 1 atom stereocenters. The Morgan fingerprint density at radius 3 is 2.00 bits per heavy atom. The Hall–Kier alpha value is -2.39. The number of nitrogens with zero attached hydrogens (tertiary/aromatic N) is 2. The molecule has 0 bridgehead atoms. The van der Waals surface area contributed by atoms with Crippen LogP contribution in [0.1, 0.15) is 36.4 Å². The molecule has 1 saturated heterocycles. The van der Waals surface area contributed by atoms with Crippen LogP contribution >= 0.6 is 0 Å². The van der Waals surface area contributed by atoms with Gasteiger partial charge in [0.1, 0.15) is 0 Å². The van der Waals surface area contributed by atoms with Gasteiger partial charge in [0.05, 0.1) is 6.04 Å². The monoisotopic (exact) mass is 360 g/mol. The SMILES string of the molecule is O=C(CC1C=CCC1)N1CCN(C(c2ccccc2)c2ccccc2)CC1. The fraction of sp³-hybridized carbons (Fsp3) is 0.375. The molecule has 1 amide bonds. The van der Waals surface area contributed by atoms with Crippen molar-refractivity contribution in [2.24, 2.45) is 5.92 Å². The van der Waals surface area contributed by atoms with Crippen molar-refractivity contribution in [3.8, 4) is 0 Å². The molecule has 0 N–H and O–H groups in total. The number of carbonyl (C=O) groups excluding carboxylic acids is 1. The van der Waals surface area contributed by atoms with Gasteiger partial charge >= 0.3 is 0 Å². The second kappa shape index (κ2) is 8.53. The number of allylic oxidation sites excluding steroid dienone is 2. The summed E-state index contributed by atoms with van der Waals surface area (Å²) in [4.78, 5) is 17.2. The maximum atomic E-state index is 12.6. The standard InChI is InChI=1S/C24H28N2O/c27-23(19-20-9-7-8-10-20)25-15-17-26(18-16-25)24(21-11-3-1-4-12-21)22-13-5-2-6-14-22/h1-7,9,11-14,20,24H,8,10,15-19H2. The third-order valence-corrected chi connectivity index (χ3v) is 5.81. The van der Waals surface area contributed by atoms with Crippen LogP contribution in [0.4, 0.5) is 0 Å². The number of amides is 1. The highest BCUT2D eigenvalue weighted by Gasteiger charge is 2.28. The number of rotatable bonds is 5. The number of carbonyl (C=O) groups is 1. The highest BCUT2D eigenvalue weighted by molar-refractivity contribution is 5.76. The lowest BCUT2D eigenvalue weighted by molar-refractivity contribution is -0.133. The number of hydrogen-bond acceptors (Lipinski definition) is 2. The van der Waals surface area contributed by atoms with Crippen molar-refractivity contribution in [3.63, 3.8) is 0 Å². The second-order valence-corrected chi connectivity index (χ2v) is 7.61. The topological polar surface area (TPSA) is 23.6 Å². The van der Waals surface area contributed by atoms with E-state index in [0.29, 0.717) is 18.2 Å². The van der Waals surface area contributed by atoms with E-state index in [-0.39, 0.29) is 6.04 Å². The molecule has 0 saturated carbocycles. The van der Waals surface area contributed by atoms with Crippen LogP contribution in [0.5, 0.6) is 0 Å². The van der Waals surface area contributed by atoms with Gasteiger partial charge in [-0.1, -0.05) is 72.8 Å². The summed E-state index contributed by atoms with van der Waals surface area (Å²) in [6, 6.07) is 21.7. The van der Waals surface area contributed by atoms with Crippen LogP contribution in [-0.4, -0.2) is 41.9 Å². The summed E-state index contributed by atoms with van der Waals surface area (Å²) in [6.07, 6.45) is 7.36. The van der Waals surface area contributed by atoms with Crippen molar-refractivity contribution in [3.05, 3.63) is 83.9 Å². The maximum Gasteiger partial charge on any atom is 0.223 e. The van der Waals surface area contributed by atoms with E-state index in [9.17, 15) is 4.79 Å². The van der Waals surface area contributed by atoms with Crippen molar-refractivity contribution in [1.29, 1.82) is 0 Å². The van der Waals surface area contributed by atoms with Crippen LogP contribution in [-0.2, 0) is 4.79 Å². The zero-order valence-corrected chi connectivity index (χ0v) is 15.8. The Bertz CT molecular complexity index is 724. The third-order valence-electron chi connectivity index (χ3n) is 5.81. The van der Waals surface area contributed by atoms with Gasteiger partial charge in [0.25, 0.3) is 0 Å². The Morgan fingerprint density at radius 1 is 0.889 bits per heavy atom. The summed E-state index contributed by atoms with van der Waals surface area (Å²) in [5.74, 6) is 0.777. The summed E-state index contributed by atoms with van der Waals surface area (Å²) in [5.41, 5.74) is 2.64. The first kappa shape index (κ1) is 18.0. The van der Waals surface area contributed by atoms with E-state index in [1.807, 2.05) is 0 Å². The van der Waals surface area contributed by atoms with E-state index in [4.69, 9.17) is 0 Å². The Kier molecular flexibility index (Phi) is 5.69. The molecule has 1 unspecified atom stereocenters. The molecule has 140 valence electrons. The highest BCUT2D eigenvalue weighted by atomic mass is 16.2. The van der Waals surface area contributed by atoms with Crippen molar-refractivity contribution < 1.29 is 4.79 Å². The molecule has 2 aromatic rings. The molecule has 4 rings (SSSR count). The third kappa shape index (κ3) is 4.30. The van der Waals surface area contributed by atoms with Crippen molar-refractivity contribution in [2.45, 2.75) is 25.3 Å². The molecule has 2 aliphatic rings. The van der Waals surface area contributed by atoms with Crippen LogP contribution in [0, 0.1) is 5.92 Å². The highest BCUT2D eigenvalue weighted by Crippen LogP contribution is 2.30. The lowest BCUT2D eigenvalue weighted by Crippen LogP contribution is -2.50. The van der Waals surface area contributed by atoms with Gasteiger partial charge in [0.2, 0.25) is 5.91 Å². The summed E-state index contributed by atoms with van der Waals surface area (Å²) >= 11 is 0. The van der Waals surface area contributed by atoms with E-state index in [0.717, 1.165) is 39.0 Å². The molecule has 2 aromatic carbocycles. The number of piperazine rings is 1. The summed E-state index contributed by atoms with van der Waals surface area (Å²) in [5, 5.41) is 0. The lowest BCUT2D eigenvalue weighted by Gasteiger charge is -2.40. The first-order chi connectivity index (χ1) is 13.3. The average Bonchev–Trinajstić information content (AvgIpc) is 3.23. The minimum absolute atomic E-state index is 0.252. The normalized spacial score (nSPS) is 20.3. The van der Waals surface area contributed by atoms with E-state index >= 15 is 0 Å². The number of benzene rings is 2. The van der Waals surface area contributed by atoms with Crippen LogP contribution in [0.2, 0.25) is 0 Å². The molecule has 27 heavy (non-hydrogen) atoms. The van der Waals surface area contributed by atoms with Gasteiger partial charge in [-0.25, -0.2) is 0 Å². The molecule has 0 aromatic heterocycles. The van der Waals surface area contributed by atoms with E-state index in [1.54, 1.807) is 0 Å². The summed E-state index contributed by atoms with van der Waals surface area (Å²) in [6.45, 7) is 3.48. The molecular weight excluding hydrogens is 332 g/mol. The summed E-state index contributed by atoms with van der Waals surface area (Å²) in [7, 11) is 0. The van der Waals surface area contributed by atoms with Gasteiger partial charge in [0, 0.05) is 32.6 Å². The average molecular weight is 361 g/mol. The molecular formula is C24H28N2O. The van der Waals surface area contributed by atoms with Gasteiger partial charge in [-0.15, -0.1) is 0 Å². The fourth-order valence-corrected chi connectivity index (χ4v) is 4.33.